The highest BCUT2D eigenvalue weighted by atomic mass is 79.9. The third-order valence-corrected chi connectivity index (χ3v) is 10.3. The van der Waals surface area contributed by atoms with Crippen LogP contribution in [-0.4, -0.2) is 40.7 Å². The van der Waals surface area contributed by atoms with Crippen molar-refractivity contribution in [1.29, 1.82) is 0 Å². The van der Waals surface area contributed by atoms with Crippen molar-refractivity contribution in [3.05, 3.63) is 23.3 Å². The second-order valence-corrected chi connectivity index (χ2v) is 14.0. The summed E-state index contributed by atoms with van der Waals surface area (Å²) in [4.78, 5) is 0.362. The minimum atomic E-state index is -0.175. The molecule has 168 valence electrons. The van der Waals surface area contributed by atoms with Crippen LogP contribution >= 0.6 is 119 Å². The highest BCUT2D eigenvalue weighted by Crippen LogP contribution is 2.30. The second-order valence-electron chi connectivity index (χ2n) is 7.44. The Balaban J connectivity index is 0. The summed E-state index contributed by atoms with van der Waals surface area (Å²) in [5.74, 6) is 0. The molecule has 0 aromatic carbocycles. The van der Waals surface area contributed by atoms with Crippen LogP contribution in [0.3, 0.4) is 0 Å². The molecule has 0 aliphatic heterocycles. The molecule has 8 heteroatoms. The van der Waals surface area contributed by atoms with Crippen molar-refractivity contribution in [2.45, 2.75) is 72.8 Å². The Hall–Kier alpha value is 2.94. The molecule has 0 fully saturated rings. The Morgan fingerprint density at radius 2 is 1.00 bits per heavy atom. The van der Waals surface area contributed by atoms with E-state index in [1.54, 1.807) is 0 Å². The van der Waals surface area contributed by atoms with Gasteiger partial charge in [-0.1, -0.05) is 119 Å². The third-order valence-electron chi connectivity index (χ3n) is 4.00. The van der Waals surface area contributed by atoms with E-state index >= 15 is 0 Å². The molecule has 0 saturated carbocycles. The van der Waals surface area contributed by atoms with Gasteiger partial charge in [-0.15, -0.1) is 23.2 Å². The number of hydrogen-bond acceptors (Lipinski definition) is 0. The van der Waals surface area contributed by atoms with Gasteiger partial charge in [-0.05, 0) is 53.4 Å². The zero-order chi connectivity index (χ0) is 22.4. The molecule has 0 saturated heterocycles. The maximum atomic E-state index is 6.20. The van der Waals surface area contributed by atoms with E-state index in [1.165, 1.54) is 11.1 Å². The van der Waals surface area contributed by atoms with Gasteiger partial charge in [-0.3, -0.25) is 0 Å². The van der Waals surface area contributed by atoms with Gasteiger partial charge >= 0.3 is 0 Å². The summed E-state index contributed by atoms with van der Waals surface area (Å²) in [5, 5.41) is 3.73. The van der Waals surface area contributed by atoms with Crippen LogP contribution < -0.4 is 0 Å². The summed E-state index contributed by atoms with van der Waals surface area (Å²) >= 11 is 33.4. The fourth-order valence-electron chi connectivity index (χ4n) is 1.98. The van der Waals surface area contributed by atoms with Crippen molar-refractivity contribution >= 4 is 119 Å². The molecule has 0 rings (SSSR count). The van der Waals surface area contributed by atoms with Gasteiger partial charge in [0.1, 0.15) is 0 Å². The monoisotopic (exact) mass is 816 g/mol. The molecule has 0 aromatic heterocycles. The summed E-state index contributed by atoms with van der Waals surface area (Å²) in [5.41, 5.74) is 2.85. The second kappa shape index (κ2) is 18.4. The van der Waals surface area contributed by atoms with E-state index in [1.807, 2.05) is 27.7 Å². The standard InChI is InChI=1S/2C10H16Br3Cl/c2*1-10(2,14)9(13)4-3-8(7-12)5-6-11/h2*5,9H,3-4,6-7H2,1-2H3/b8-5+;8-5-. The molecule has 0 radical (unpaired) electrons. The molecular weight excluding hydrogens is 791 g/mol. The summed E-state index contributed by atoms with van der Waals surface area (Å²) in [7, 11) is 0. The molecular formula is C20H32Br6Cl2. The minimum Gasteiger partial charge on any atom is -0.119 e. The number of hydrogen-bond donors (Lipinski definition) is 0. The van der Waals surface area contributed by atoms with Gasteiger partial charge < -0.3 is 0 Å². The first kappa shape index (κ1) is 33.1. The topological polar surface area (TPSA) is 0 Å². The lowest BCUT2D eigenvalue weighted by Gasteiger charge is -2.23. The third kappa shape index (κ3) is 18.5. The maximum Gasteiger partial charge on any atom is 0.0515 e. The minimum absolute atomic E-state index is 0.175. The van der Waals surface area contributed by atoms with E-state index in [2.05, 4.69) is 108 Å². The first-order valence-electron chi connectivity index (χ1n) is 9.09. The fraction of sp³-hybridized carbons (Fsp3) is 0.800. The van der Waals surface area contributed by atoms with Gasteiger partial charge in [0.15, 0.2) is 0 Å². The van der Waals surface area contributed by atoms with Crippen molar-refractivity contribution in [3.8, 4) is 0 Å². The molecule has 0 heterocycles. The van der Waals surface area contributed by atoms with E-state index in [4.69, 9.17) is 23.2 Å². The number of allylic oxidation sites excluding steroid dienone is 4. The predicted octanol–water partition coefficient (Wildman–Crippen LogP) is 10.5. The molecule has 0 N–H and O–H groups in total. The molecule has 0 nitrogen and oxygen atoms in total. The van der Waals surface area contributed by atoms with Crippen LogP contribution in [0.15, 0.2) is 23.3 Å². The zero-order valence-corrected chi connectivity index (χ0v) is 28.0. The number of halogens is 8. The molecule has 0 aromatic rings. The van der Waals surface area contributed by atoms with Crippen LogP contribution in [0.4, 0.5) is 0 Å². The fourth-order valence-corrected chi connectivity index (χ4v) is 4.59. The van der Waals surface area contributed by atoms with E-state index in [9.17, 15) is 0 Å². The molecule has 2 unspecified atom stereocenters. The highest BCUT2D eigenvalue weighted by Gasteiger charge is 2.24. The first-order chi connectivity index (χ1) is 12.8. The van der Waals surface area contributed by atoms with E-state index in [-0.39, 0.29) is 9.75 Å². The van der Waals surface area contributed by atoms with Crippen molar-refractivity contribution < 1.29 is 0 Å². The van der Waals surface area contributed by atoms with Crippen molar-refractivity contribution in [2.24, 2.45) is 0 Å². The van der Waals surface area contributed by atoms with E-state index in [0.29, 0.717) is 9.65 Å². The van der Waals surface area contributed by atoms with Crippen molar-refractivity contribution in [1.82, 2.24) is 0 Å². The summed E-state index contributed by atoms with van der Waals surface area (Å²) in [6, 6.07) is 0. The van der Waals surface area contributed by atoms with Gasteiger partial charge in [0.25, 0.3) is 0 Å². The van der Waals surface area contributed by atoms with E-state index < -0.39 is 0 Å². The summed E-state index contributed by atoms with van der Waals surface area (Å²) in [6.07, 6.45) is 8.72. The van der Waals surface area contributed by atoms with Gasteiger partial charge in [0, 0.05) is 31.0 Å². The van der Waals surface area contributed by atoms with Gasteiger partial charge in [-0.25, -0.2) is 0 Å². The Bertz CT molecular complexity index is 411. The Kier molecular flexibility index (Phi) is 21.7. The molecule has 0 bridgehead atoms. The Morgan fingerprint density at radius 3 is 1.18 bits per heavy atom. The van der Waals surface area contributed by atoms with Crippen LogP contribution in [0.1, 0.15) is 53.4 Å². The summed E-state index contributed by atoms with van der Waals surface area (Å²) < 4.78 is 0. The van der Waals surface area contributed by atoms with Crippen LogP contribution in [0.5, 0.6) is 0 Å². The maximum absolute atomic E-state index is 6.20. The largest absolute Gasteiger partial charge is 0.119 e. The summed E-state index contributed by atoms with van der Waals surface area (Å²) in [6.45, 7) is 8.15. The van der Waals surface area contributed by atoms with E-state index in [0.717, 1.165) is 47.0 Å². The lowest BCUT2D eigenvalue weighted by Crippen LogP contribution is -2.24. The van der Waals surface area contributed by atoms with Crippen molar-refractivity contribution in [2.75, 3.05) is 21.3 Å². The molecule has 28 heavy (non-hydrogen) atoms. The average molecular weight is 823 g/mol. The average Bonchev–Trinajstić information content (AvgIpc) is 2.60. The SMILES string of the molecule is CC(C)(Cl)C(Br)CC/C(=C/CBr)CBr.CC(C)(Cl)C(Br)CC/C(=C\CBr)CBr. The zero-order valence-electron chi connectivity index (χ0n) is 17.0. The number of alkyl halides is 8. The van der Waals surface area contributed by atoms with Gasteiger partial charge in [-0.2, -0.15) is 0 Å². The number of rotatable bonds is 12. The highest BCUT2D eigenvalue weighted by molar-refractivity contribution is 9.10. The molecule has 2 atom stereocenters. The molecule has 0 aliphatic rings. The van der Waals surface area contributed by atoms with Gasteiger partial charge in [0.05, 0.1) is 9.75 Å². The van der Waals surface area contributed by atoms with Crippen LogP contribution in [-0.2, 0) is 0 Å². The molecule has 0 aliphatic carbocycles. The lowest BCUT2D eigenvalue weighted by molar-refractivity contribution is 0.616. The van der Waals surface area contributed by atoms with Crippen LogP contribution in [0, 0.1) is 0 Å². The van der Waals surface area contributed by atoms with Crippen LogP contribution in [0.25, 0.3) is 0 Å². The van der Waals surface area contributed by atoms with Crippen molar-refractivity contribution in [3.63, 3.8) is 0 Å². The normalized spacial score (nSPS) is 15.7. The first-order valence-corrected chi connectivity index (χ1v) is 16.2. The Morgan fingerprint density at radius 1 is 0.714 bits per heavy atom. The smallest absolute Gasteiger partial charge is 0.0515 e. The Labute approximate surface area is 233 Å². The van der Waals surface area contributed by atoms with Crippen LogP contribution in [0.2, 0.25) is 0 Å². The predicted molar refractivity (Wildman–Crippen MR) is 155 cm³/mol. The quantitative estimate of drug-likeness (QED) is 0.136. The van der Waals surface area contributed by atoms with Gasteiger partial charge in [0.2, 0.25) is 0 Å². The lowest BCUT2D eigenvalue weighted by atomic mass is 10.0. The molecule has 0 amide bonds. The molecule has 0 spiro atoms.